The van der Waals surface area contributed by atoms with Gasteiger partial charge in [-0.15, -0.1) is 0 Å². The molecule has 0 aliphatic carbocycles. The number of nitrogens with two attached hydrogens (primary N) is 1. The van der Waals surface area contributed by atoms with Gasteiger partial charge in [0.05, 0.1) is 29.6 Å². The smallest absolute Gasteiger partial charge is 0.266 e. The molecule has 37 heavy (non-hydrogen) atoms. The number of nitrogens with zero attached hydrogens (tertiary/aromatic N) is 2. The van der Waals surface area contributed by atoms with E-state index in [-0.39, 0.29) is 0 Å². The first kappa shape index (κ1) is 24.5. The molecule has 6 nitrogen and oxygen atoms in total. The van der Waals surface area contributed by atoms with Crippen LogP contribution in [0.2, 0.25) is 0 Å². The third-order valence-electron chi connectivity index (χ3n) is 5.84. The molecule has 0 saturated heterocycles. The van der Waals surface area contributed by atoms with Gasteiger partial charge >= 0.3 is 0 Å². The Hall–Kier alpha value is -4.20. The molecule has 3 aromatic heterocycles. The average molecular weight is 510 g/mol. The summed E-state index contributed by atoms with van der Waals surface area (Å²) in [5, 5.41) is 1.00. The molecule has 0 atom stereocenters. The third-order valence-corrected chi connectivity index (χ3v) is 6.97. The Labute approximate surface area is 219 Å². The fourth-order valence-corrected chi connectivity index (χ4v) is 5.29. The summed E-state index contributed by atoms with van der Waals surface area (Å²) in [6.45, 7) is 1.74. The molecular weight excluding hydrogens is 482 g/mol. The van der Waals surface area contributed by atoms with E-state index in [1.54, 1.807) is 24.3 Å². The number of benzene rings is 2. The second-order valence-corrected chi connectivity index (χ2v) is 9.50. The van der Waals surface area contributed by atoms with Gasteiger partial charge in [-0.2, -0.15) is 0 Å². The maximum absolute atomic E-state index is 12.8. The van der Waals surface area contributed by atoms with Crippen molar-refractivity contribution in [2.45, 2.75) is 16.5 Å². The van der Waals surface area contributed by atoms with Crippen molar-refractivity contribution in [3.63, 3.8) is 0 Å². The van der Waals surface area contributed by atoms with Crippen molar-refractivity contribution in [1.29, 1.82) is 0 Å². The first-order chi connectivity index (χ1) is 18.2. The van der Waals surface area contributed by atoms with Gasteiger partial charge in [-0.1, -0.05) is 60.3 Å². The van der Waals surface area contributed by atoms with Crippen LogP contribution >= 0.6 is 11.8 Å². The normalized spacial score (nSPS) is 11.9. The lowest BCUT2D eigenvalue weighted by Crippen LogP contribution is -2.29. The highest BCUT2D eigenvalue weighted by atomic mass is 32.2. The van der Waals surface area contributed by atoms with Crippen LogP contribution in [-0.4, -0.2) is 28.5 Å². The van der Waals surface area contributed by atoms with Crippen LogP contribution in [0.1, 0.15) is 22.0 Å². The molecule has 0 spiro atoms. The Kier molecular flexibility index (Phi) is 7.74. The van der Waals surface area contributed by atoms with Gasteiger partial charge in [-0.25, -0.2) is 0 Å². The summed E-state index contributed by atoms with van der Waals surface area (Å²) >= 11 is 1.56. The van der Waals surface area contributed by atoms with Gasteiger partial charge in [-0.3, -0.25) is 9.69 Å². The topological polar surface area (TPSA) is 77.5 Å². The van der Waals surface area contributed by atoms with Gasteiger partial charge in [0.15, 0.2) is 0 Å². The van der Waals surface area contributed by atoms with Crippen LogP contribution in [0.25, 0.3) is 23.1 Å². The molecule has 0 fully saturated rings. The van der Waals surface area contributed by atoms with E-state index in [4.69, 9.17) is 14.6 Å². The molecule has 0 unspecified atom stereocenters. The Morgan fingerprint density at radius 2 is 1.46 bits per heavy atom. The molecule has 0 radical (unpaired) electrons. The van der Waals surface area contributed by atoms with E-state index in [0.717, 1.165) is 32.2 Å². The Bertz CT molecular complexity index is 1450. The Balaban J connectivity index is 1.49. The highest BCUT2D eigenvalue weighted by Crippen LogP contribution is 2.38. The number of para-hydroxylation sites is 1. The summed E-state index contributed by atoms with van der Waals surface area (Å²) in [6, 6.07) is 25.6. The molecule has 0 aliphatic rings. The maximum Gasteiger partial charge on any atom is 0.266 e. The van der Waals surface area contributed by atoms with E-state index >= 15 is 0 Å². The van der Waals surface area contributed by atoms with E-state index in [1.165, 1.54) is 0 Å². The molecule has 5 aromatic rings. The van der Waals surface area contributed by atoms with Gasteiger partial charge in [0.2, 0.25) is 0 Å². The molecule has 2 N–H and O–H groups in total. The van der Waals surface area contributed by atoms with Crippen LogP contribution in [0, 0.1) is 0 Å². The molecule has 5 rings (SSSR count). The molecule has 3 heterocycles. The minimum atomic E-state index is -0.452. The summed E-state index contributed by atoms with van der Waals surface area (Å²) in [7, 11) is 0. The number of primary amides is 1. The molecule has 186 valence electrons. The van der Waals surface area contributed by atoms with Crippen LogP contribution in [0.4, 0.5) is 0 Å². The second-order valence-electron chi connectivity index (χ2n) is 8.42. The van der Waals surface area contributed by atoms with Crippen molar-refractivity contribution in [3.05, 3.63) is 121 Å². The first-order valence-electron chi connectivity index (χ1n) is 12.0. The summed E-state index contributed by atoms with van der Waals surface area (Å²) in [5.41, 5.74) is 7.46. The number of carbonyl (C=O) groups is 1. The van der Waals surface area contributed by atoms with E-state index in [2.05, 4.69) is 17.1 Å². The number of fused-ring (bicyclic) bond motifs is 1. The summed E-state index contributed by atoms with van der Waals surface area (Å²) in [6.07, 6.45) is 11.3. The largest absolute Gasteiger partial charge is 0.465 e. The number of hydrogen-bond acceptors (Lipinski definition) is 5. The van der Waals surface area contributed by atoms with Gasteiger partial charge in [0, 0.05) is 23.4 Å². The van der Waals surface area contributed by atoms with E-state index in [0.29, 0.717) is 25.5 Å². The second kappa shape index (κ2) is 11.7. The van der Waals surface area contributed by atoms with Crippen molar-refractivity contribution in [2.75, 3.05) is 13.1 Å². The van der Waals surface area contributed by atoms with Crippen LogP contribution in [0.15, 0.2) is 122 Å². The SMILES string of the molecule is NC(=O)c1c(Sc2ccccc2)c2ccccc2n1CN(CC=Cc1ccco1)CC=Cc1ccco1. The van der Waals surface area contributed by atoms with Gasteiger partial charge in [0.1, 0.15) is 17.2 Å². The van der Waals surface area contributed by atoms with E-state index in [1.807, 2.05) is 95.6 Å². The predicted octanol–water partition coefficient (Wildman–Crippen LogP) is 6.76. The number of hydrogen-bond donors (Lipinski definition) is 1. The zero-order valence-electron chi connectivity index (χ0n) is 20.2. The van der Waals surface area contributed by atoms with Crippen molar-refractivity contribution in [3.8, 4) is 0 Å². The lowest BCUT2D eigenvalue weighted by Gasteiger charge is -2.22. The number of aromatic nitrogens is 1. The molecular formula is C30H27N3O3S. The molecule has 0 saturated carbocycles. The van der Waals surface area contributed by atoms with Crippen LogP contribution in [0.3, 0.4) is 0 Å². The first-order valence-corrected chi connectivity index (χ1v) is 12.8. The highest BCUT2D eigenvalue weighted by Gasteiger charge is 2.23. The van der Waals surface area contributed by atoms with Gasteiger partial charge in [-0.05, 0) is 54.6 Å². The van der Waals surface area contributed by atoms with Crippen molar-refractivity contribution < 1.29 is 13.6 Å². The van der Waals surface area contributed by atoms with Crippen molar-refractivity contribution >= 4 is 40.7 Å². The van der Waals surface area contributed by atoms with E-state index in [9.17, 15) is 4.79 Å². The number of rotatable bonds is 11. The quantitative estimate of drug-likeness (QED) is 0.213. The summed E-state index contributed by atoms with van der Waals surface area (Å²) < 4.78 is 12.9. The lowest BCUT2D eigenvalue weighted by atomic mass is 10.2. The monoisotopic (exact) mass is 509 g/mol. The van der Waals surface area contributed by atoms with Gasteiger partial charge < -0.3 is 19.1 Å². The van der Waals surface area contributed by atoms with E-state index < -0.39 is 5.91 Å². The van der Waals surface area contributed by atoms with Crippen LogP contribution in [0.5, 0.6) is 0 Å². The minimum absolute atomic E-state index is 0.452. The number of furan rings is 2. The zero-order chi connectivity index (χ0) is 25.5. The highest BCUT2D eigenvalue weighted by molar-refractivity contribution is 7.99. The summed E-state index contributed by atoms with van der Waals surface area (Å²) in [5.74, 6) is 1.13. The molecule has 1 amide bonds. The Morgan fingerprint density at radius 1 is 0.838 bits per heavy atom. The number of amides is 1. The predicted molar refractivity (Wildman–Crippen MR) is 148 cm³/mol. The zero-order valence-corrected chi connectivity index (χ0v) is 21.0. The average Bonchev–Trinajstić information content (AvgIpc) is 3.67. The molecule has 0 bridgehead atoms. The fourth-order valence-electron chi connectivity index (χ4n) is 4.17. The third kappa shape index (κ3) is 5.97. The van der Waals surface area contributed by atoms with Gasteiger partial charge in [0.25, 0.3) is 5.91 Å². The van der Waals surface area contributed by atoms with Crippen molar-refractivity contribution in [2.24, 2.45) is 5.73 Å². The number of carbonyl (C=O) groups excluding carboxylic acids is 1. The van der Waals surface area contributed by atoms with Crippen molar-refractivity contribution in [1.82, 2.24) is 9.47 Å². The van der Waals surface area contributed by atoms with Crippen LogP contribution in [-0.2, 0) is 6.67 Å². The maximum atomic E-state index is 12.8. The fraction of sp³-hybridized carbons (Fsp3) is 0.100. The lowest BCUT2D eigenvalue weighted by molar-refractivity contribution is 0.0984. The van der Waals surface area contributed by atoms with Crippen LogP contribution < -0.4 is 5.73 Å². The standard InChI is InChI=1S/C30H27N3O3S/c31-30(34)28-29(37-25-14-2-1-3-15-25)26-16-4-5-17-27(26)33(28)22-32(18-6-10-23-12-8-20-35-23)19-7-11-24-13-9-21-36-24/h1-17,20-21H,18-19,22H2,(H2,31,34). The molecule has 0 aliphatic heterocycles. The Morgan fingerprint density at radius 3 is 2.05 bits per heavy atom. The molecule has 2 aromatic carbocycles. The summed E-state index contributed by atoms with van der Waals surface area (Å²) in [4.78, 5) is 17.0. The molecule has 7 heteroatoms. The minimum Gasteiger partial charge on any atom is -0.465 e.